The largest absolute Gasteiger partial charge is 0.395 e. The molecule has 126 valence electrons. The molecule has 1 N–H and O–H groups in total. The molecule has 23 heavy (non-hydrogen) atoms. The highest BCUT2D eigenvalue weighted by atomic mass is 16.3. The Morgan fingerprint density at radius 1 is 1.30 bits per heavy atom. The fourth-order valence-electron chi connectivity index (χ4n) is 3.09. The topological polar surface area (TPSA) is 60.9 Å². The normalized spacial score (nSPS) is 17.8. The zero-order chi connectivity index (χ0) is 16.7. The van der Waals surface area contributed by atoms with E-state index < -0.39 is 0 Å². The minimum absolute atomic E-state index is 0.0248. The molecule has 1 saturated heterocycles. The Labute approximate surface area is 137 Å². The number of benzene rings is 1. The second-order valence-electron chi connectivity index (χ2n) is 5.98. The number of carbonyl (C=O) groups excluding carboxylic acids is 2. The Hall–Kier alpha value is -1.88. The van der Waals surface area contributed by atoms with Gasteiger partial charge in [-0.25, -0.2) is 0 Å². The number of aliphatic hydroxyl groups is 1. The summed E-state index contributed by atoms with van der Waals surface area (Å²) in [7, 11) is 0. The summed E-state index contributed by atoms with van der Waals surface area (Å²) in [5.41, 5.74) is 1.00. The summed E-state index contributed by atoms with van der Waals surface area (Å²) in [6.07, 6.45) is 2.05. The Kier molecular flexibility index (Phi) is 6.59. The molecule has 1 atom stereocenters. The number of likely N-dealkylation sites (tertiary alicyclic amines) is 1. The van der Waals surface area contributed by atoms with E-state index >= 15 is 0 Å². The first-order valence-electron chi connectivity index (χ1n) is 8.37. The van der Waals surface area contributed by atoms with Crippen LogP contribution < -0.4 is 0 Å². The number of nitrogens with zero attached hydrogens (tertiary/aromatic N) is 2. The van der Waals surface area contributed by atoms with Crippen molar-refractivity contribution in [2.75, 3.05) is 32.8 Å². The summed E-state index contributed by atoms with van der Waals surface area (Å²) >= 11 is 0. The van der Waals surface area contributed by atoms with Crippen LogP contribution in [0.1, 0.15) is 25.3 Å². The lowest BCUT2D eigenvalue weighted by Gasteiger charge is -2.34. The van der Waals surface area contributed by atoms with Gasteiger partial charge in [0.25, 0.3) is 0 Å². The Morgan fingerprint density at radius 2 is 2.04 bits per heavy atom. The van der Waals surface area contributed by atoms with Crippen LogP contribution >= 0.6 is 0 Å². The third-order valence-corrected chi connectivity index (χ3v) is 4.38. The van der Waals surface area contributed by atoms with Crippen molar-refractivity contribution < 1.29 is 14.7 Å². The van der Waals surface area contributed by atoms with Gasteiger partial charge in [-0.2, -0.15) is 0 Å². The Bertz CT molecular complexity index is 518. The van der Waals surface area contributed by atoms with Crippen LogP contribution in [0.25, 0.3) is 0 Å². The van der Waals surface area contributed by atoms with Gasteiger partial charge in [-0.1, -0.05) is 30.3 Å². The lowest BCUT2D eigenvalue weighted by atomic mass is 9.96. The van der Waals surface area contributed by atoms with E-state index in [1.54, 1.807) is 4.90 Å². The van der Waals surface area contributed by atoms with Crippen LogP contribution in [-0.4, -0.2) is 59.5 Å². The highest BCUT2D eigenvalue weighted by Crippen LogP contribution is 2.20. The highest BCUT2D eigenvalue weighted by Gasteiger charge is 2.30. The van der Waals surface area contributed by atoms with Crippen LogP contribution in [0.5, 0.6) is 0 Å². The van der Waals surface area contributed by atoms with E-state index in [1.165, 1.54) is 0 Å². The number of aliphatic hydroxyl groups excluding tert-OH is 1. The molecular weight excluding hydrogens is 292 g/mol. The van der Waals surface area contributed by atoms with Crippen LogP contribution in [0, 0.1) is 5.92 Å². The van der Waals surface area contributed by atoms with Gasteiger partial charge in [0.1, 0.15) is 0 Å². The number of likely N-dealkylation sites (N-methyl/N-ethyl adjacent to an activating group) is 1. The summed E-state index contributed by atoms with van der Waals surface area (Å²) in [4.78, 5) is 28.5. The molecule has 1 aliphatic rings. The maximum absolute atomic E-state index is 12.5. The first-order valence-corrected chi connectivity index (χ1v) is 8.37. The Morgan fingerprint density at radius 3 is 2.70 bits per heavy atom. The van der Waals surface area contributed by atoms with E-state index in [0.29, 0.717) is 26.1 Å². The van der Waals surface area contributed by atoms with Crippen molar-refractivity contribution in [3.63, 3.8) is 0 Å². The highest BCUT2D eigenvalue weighted by molar-refractivity contribution is 5.82. The minimum atomic E-state index is -0.144. The molecule has 1 unspecified atom stereocenters. The first-order chi connectivity index (χ1) is 11.2. The van der Waals surface area contributed by atoms with Gasteiger partial charge >= 0.3 is 0 Å². The molecule has 1 fully saturated rings. The number of piperidine rings is 1. The smallest absolute Gasteiger partial charge is 0.227 e. The van der Waals surface area contributed by atoms with Gasteiger partial charge < -0.3 is 14.9 Å². The van der Waals surface area contributed by atoms with Gasteiger partial charge in [0.2, 0.25) is 11.8 Å². The van der Waals surface area contributed by atoms with E-state index in [2.05, 4.69) is 0 Å². The zero-order valence-electron chi connectivity index (χ0n) is 13.8. The molecule has 0 saturated carbocycles. The van der Waals surface area contributed by atoms with Crippen molar-refractivity contribution in [3.05, 3.63) is 35.9 Å². The molecule has 1 heterocycles. The fourth-order valence-corrected chi connectivity index (χ4v) is 3.09. The van der Waals surface area contributed by atoms with E-state index in [4.69, 9.17) is 5.11 Å². The molecule has 1 aliphatic heterocycles. The van der Waals surface area contributed by atoms with Gasteiger partial charge in [0.05, 0.1) is 18.9 Å². The molecule has 5 nitrogen and oxygen atoms in total. The van der Waals surface area contributed by atoms with Crippen molar-refractivity contribution >= 4 is 11.8 Å². The molecule has 1 aromatic rings. The van der Waals surface area contributed by atoms with Gasteiger partial charge in [-0.05, 0) is 25.3 Å². The van der Waals surface area contributed by atoms with Gasteiger partial charge in [0, 0.05) is 26.2 Å². The predicted octanol–water partition coefficient (Wildman–Crippen LogP) is 1.31. The summed E-state index contributed by atoms with van der Waals surface area (Å²) < 4.78 is 0. The average Bonchev–Trinajstić information content (AvgIpc) is 2.60. The number of carbonyl (C=O) groups is 2. The Balaban J connectivity index is 1.94. The van der Waals surface area contributed by atoms with E-state index in [9.17, 15) is 9.59 Å². The van der Waals surface area contributed by atoms with Gasteiger partial charge in [-0.15, -0.1) is 0 Å². The molecule has 0 bridgehead atoms. The molecule has 0 aliphatic carbocycles. The van der Waals surface area contributed by atoms with Gasteiger partial charge in [-0.3, -0.25) is 9.59 Å². The van der Waals surface area contributed by atoms with Crippen molar-refractivity contribution in [2.45, 2.75) is 26.2 Å². The third kappa shape index (κ3) is 4.79. The molecule has 5 heteroatoms. The van der Waals surface area contributed by atoms with E-state index in [0.717, 1.165) is 24.9 Å². The standard InChI is InChI=1S/C18H26N2O3/c1-2-19(11-12-21)18(23)16-9-6-10-20(14-16)17(22)13-15-7-4-3-5-8-15/h3-5,7-8,16,21H,2,6,9-14H2,1H3. The lowest BCUT2D eigenvalue weighted by Crippen LogP contribution is -2.47. The van der Waals surface area contributed by atoms with Crippen LogP contribution in [0.2, 0.25) is 0 Å². The van der Waals surface area contributed by atoms with Crippen molar-refractivity contribution in [1.82, 2.24) is 9.80 Å². The molecule has 0 spiro atoms. The summed E-state index contributed by atoms with van der Waals surface area (Å²) in [6, 6.07) is 9.69. The second-order valence-corrected chi connectivity index (χ2v) is 5.98. The number of amides is 2. The SMILES string of the molecule is CCN(CCO)C(=O)C1CCCN(C(=O)Cc2ccccc2)C1. The quantitative estimate of drug-likeness (QED) is 0.860. The minimum Gasteiger partial charge on any atom is -0.395 e. The zero-order valence-corrected chi connectivity index (χ0v) is 13.8. The third-order valence-electron chi connectivity index (χ3n) is 4.38. The fraction of sp³-hybridized carbons (Fsp3) is 0.556. The first kappa shape index (κ1) is 17.5. The summed E-state index contributed by atoms with van der Waals surface area (Å²) in [5, 5.41) is 9.06. The molecule has 2 rings (SSSR count). The van der Waals surface area contributed by atoms with Crippen LogP contribution in [-0.2, 0) is 16.0 Å². The van der Waals surface area contributed by atoms with Crippen LogP contribution in [0.4, 0.5) is 0 Å². The summed E-state index contributed by atoms with van der Waals surface area (Å²) in [5.74, 6) is -0.00681. The van der Waals surface area contributed by atoms with Gasteiger partial charge in [0.15, 0.2) is 0 Å². The monoisotopic (exact) mass is 318 g/mol. The van der Waals surface area contributed by atoms with Crippen LogP contribution in [0.3, 0.4) is 0 Å². The van der Waals surface area contributed by atoms with Crippen LogP contribution in [0.15, 0.2) is 30.3 Å². The molecule has 2 amide bonds. The van der Waals surface area contributed by atoms with Crippen molar-refractivity contribution in [1.29, 1.82) is 0 Å². The number of hydrogen-bond acceptors (Lipinski definition) is 3. The lowest BCUT2D eigenvalue weighted by molar-refractivity contribution is -0.140. The molecule has 1 aromatic carbocycles. The number of rotatable bonds is 6. The maximum Gasteiger partial charge on any atom is 0.227 e. The second kappa shape index (κ2) is 8.67. The maximum atomic E-state index is 12.5. The predicted molar refractivity (Wildman–Crippen MR) is 88.8 cm³/mol. The summed E-state index contributed by atoms with van der Waals surface area (Å²) in [6.45, 7) is 4.06. The molecular formula is C18H26N2O3. The molecule has 0 radical (unpaired) electrons. The molecule has 0 aromatic heterocycles. The van der Waals surface area contributed by atoms with Crippen molar-refractivity contribution in [2.24, 2.45) is 5.92 Å². The van der Waals surface area contributed by atoms with E-state index in [-0.39, 0.29) is 24.3 Å². The van der Waals surface area contributed by atoms with E-state index in [1.807, 2.05) is 42.2 Å². The number of hydrogen-bond donors (Lipinski definition) is 1. The van der Waals surface area contributed by atoms with Crippen molar-refractivity contribution in [3.8, 4) is 0 Å². The average molecular weight is 318 g/mol.